The van der Waals surface area contributed by atoms with Gasteiger partial charge < -0.3 is 9.13 Å². The zero-order chi connectivity index (χ0) is 19.0. The van der Waals surface area contributed by atoms with Gasteiger partial charge >= 0.3 is 0 Å². The van der Waals surface area contributed by atoms with Crippen molar-refractivity contribution in [2.45, 2.75) is 19.5 Å². The van der Waals surface area contributed by atoms with Gasteiger partial charge in [-0.1, -0.05) is 0 Å². The van der Waals surface area contributed by atoms with Crippen LogP contribution in [-0.4, -0.2) is 20.8 Å². The summed E-state index contributed by atoms with van der Waals surface area (Å²) in [5.41, 5.74) is 15.5. The normalized spacial score (nSPS) is 11.3. The van der Waals surface area contributed by atoms with Crippen molar-refractivity contribution in [2.75, 3.05) is 0 Å². The van der Waals surface area contributed by atoms with Gasteiger partial charge in [-0.3, -0.25) is 22.3 Å². The smallest absolute Gasteiger partial charge is 0.270 e. The average molecular weight is 360 g/mol. The molecule has 0 amide bonds. The third kappa shape index (κ3) is 3.17. The quantitative estimate of drug-likeness (QED) is 0.277. The Hall–Kier alpha value is -3.54. The van der Waals surface area contributed by atoms with E-state index in [2.05, 4.69) is 45.8 Å². The lowest BCUT2D eigenvalue weighted by Crippen LogP contribution is -2.46. The molecule has 0 saturated carbocycles. The minimum atomic E-state index is 0.348. The Kier molecular flexibility index (Phi) is 4.16. The van der Waals surface area contributed by atoms with E-state index >= 15 is 0 Å². The molecule has 8 N–H and O–H groups in total. The summed E-state index contributed by atoms with van der Waals surface area (Å²) in [4.78, 5) is 0. The fraction of sp³-hybridized carbons (Fsp3) is 0.143. The number of amidine groups is 2. The lowest BCUT2D eigenvalue weighted by Gasteiger charge is -2.08. The fourth-order valence-corrected chi connectivity index (χ4v) is 3.56. The second kappa shape index (κ2) is 6.64. The van der Waals surface area contributed by atoms with Gasteiger partial charge in [-0.15, -0.1) is 0 Å². The van der Waals surface area contributed by atoms with Crippen LogP contribution >= 0.6 is 0 Å². The average Bonchev–Trinajstić information content (AvgIpc) is 3.25. The van der Waals surface area contributed by atoms with Crippen molar-refractivity contribution in [3.05, 3.63) is 72.1 Å². The lowest BCUT2D eigenvalue weighted by atomic mass is 10.1. The van der Waals surface area contributed by atoms with Gasteiger partial charge in [-0.25, -0.2) is 0 Å². The van der Waals surface area contributed by atoms with Gasteiger partial charge in [0.1, 0.15) is 0 Å². The van der Waals surface area contributed by atoms with E-state index in [4.69, 9.17) is 22.3 Å². The van der Waals surface area contributed by atoms with Crippen LogP contribution in [0.2, 0.25) is 0 Å². The largest absolute Gasteiger partial charge is 0.347 e. The van der Waals surface area contributed by atoms with E-state index < -0.39 is 0 Å². The van der Waals surface area contributed by atoms with Crippen molar-refractivity contribution >= 4 is 33.5 Å². The van der Waals surface area contributed by atoms with Gasteiger partial charge in [0.05, 0.1) is 11.1 Å². The first-order valence-electron chi connectivity index (χ1n) is 8.97. The minimum Gasteiger partial charge on any atom is -0.347 e. The van der Waals surface area contributed by atoms with Crippen LogP contribution < -0.4 is 22.3 Å². The Morgan fingerprint density at radius 1 is 0.704 bits per heavy atom. The van der Waals surface area contributed by atoms with E-state index in [0.717, 1.165) is 41.4 Å². The maximum Gasteiger partial charge on any atom is 0.270 e. The van der Waals surface area contributed by atoms with Crippen LogP contribution in [0.1, 0.15) is 17.5 Å². The standard InChI is InChI=1S/C21H22N6/c22-20(23)16-2-4-18-14(12-16)6-10-26(18)8-1-9-27-11-7-15-13-17(21(24)25)3-5-19(15)27/h2-7,10-13H,1,8-9H2,(H3,22,23)(H3,24,25)/p+2. The molecular formula is C21H24N6+2. The first-order valence-corrected chi connectivity index (χ1v) is 8.97. The molecule has 2 heterocycles. The minimum absolute atomic E-state index is 0.348. The lowest BCUT2D eigenvalue weighted by molar-refractivity contribution is -0.115. The molecule has 4 aromatic rings. The predicted molar refractivity (Wildman–Crippen MR) is 109 cm³/mol. The molecule has 136 valence electrons. The van der Waals surface area contributed by atoms with E-state index in [9.17, 15) is 0 Å². The second-order valence-corrected chi connectivity index (χ2v) is 6.83. The Morgan fingerprint density at radius 3 is 1.56 bits per heavy atom. The highest BCUT2D eigenvalue weighted by Crippen LogP contribution is 2.20. The Balaban J connectivity index is 1.48. The van der Waals surface area contributed by atoms with E-state index in [1.54, 1.807) is 0 Å². The number of fused-ring (bicyclic) bond motifs is 2. The fourth-order valence-electron chi connectivity index (χ4n) is 3.56. The van der Waals surface area contributed by atoms with Crippen LogP contribution in [-0.2, 0) is 13.1 Å². The molecule has 2 aromatic heterocycles. The summed E-state index contributed by atoms with van der Waals surface area (Å²) in [5.74, 6) is 0.697. The van der Waals surface area contributed by atoms with Crippen LogP contribution in [0.25, 0.3) is 21.8 Å². The van der Waals surface area contributed by atoms with Crippen molar-refractivity contribution in [3.8, 4) is 0 Å². The molecule has 0 radical (unpaired) electrons. The molecule has 6 heteroatoms. The molecule has 4 rings (SSSR count). The highest BCUT2D eigenvalue weighted by Gasteiger charge is 2.08. The monoisotopic (exact) mass is 360 g/mol. The molecule has 27 heavy (non-hydrogen) atoms. The first-order chi connectivity index (χ1) is 13.0. The zero-order valence-corrected chi connectivity index (χ0v) is 15.1. The number of hydrogen-bond acceptors (Lipinski definition) is 0. The SMILES string of the molecule is NC(=[NH2+])c1ccc2c(ccn2CCCn2ccc3cc(C(N)=[NH2+])ccc32)c1. The topological polar surface area (TPSA) is 113 Å². The Morgan fingerprint density at radius 2 is 1.15 bits per heavy atom. The molecule has 0 aliphatic carbocycles. The molecular weight excluding hydrogens is 336 g/mol. The number of nitrogens with two attached hydrogens (primary N) is 4. The highest BCUT2D eigenvalue weighted by molar-refractivity contribution is 5.97. The second-order valence-electron chi connectivity index (χ2n) is 6.83. The van der Waals surface area contributed by atoms with Crippen LogP contribution in [0.3, 0.4) is 0 Å². The summed E-state index contributed by atoms with van der Waals surface area (Å²) in [6, 6.07) is 16.3. The van der Waals surface area contributed by atoms with Crippen LogP contribution in [0, 0.1) is 0 Å². The third-order valence-electron chi connectivity index (χ3n) is 5.01. The molecule has 0 spiro atoms. The summed E-state index contributed by atoms with van der Waals surface area (Å²) in [6.45, 7) is 1.87. The summed E-state index contributed by atoms with van der Waals surface area (Å²) >= 11 is 0. The van der Waals surface area contributed by atoms with Crippen LogP contribution in [0.4, 0.5) is 0 Å². The van der Waals surface area contributed by atoms with E-state index in [1.165, 1.54) is 11.0 Å². The maximum atomic E-state index is 5.69. The molecule has 0 saturated heterocycles. The first kappa shape index (κ1) is 16.9. The van der Waals surface area contributed by atoms with Crippen molar-refractivity contribution in [1.29, 1.82) is 0 Å². The Bertz CT molecular complexity index is 1070. The number of benzene rings is 2. The van der Waals surface area contributed by atoms with Crippen LogP contribution in [0.5, 0.6) is 0 Å². The zero-order valence-electron chi connectivity index (χ0n) is 15.1. The Labute approximate surface area is 157 Å². The van der Waals surface area contributed by atoms with E-state index in [1.807, 2.05) is 24.3 Å². The molecule has 0 fully saturated rings. The summed E-state index contributed by atoms with van der Waals surface area (Å²) in [7, 11) is 0. The molecule has 2 aromatic carbocycles. The number of hydrogen-bond donors (Lipinski definition) is 4. The number of rotatable bonds is 6. The molecule has 0 atom stereocenters. The maximum absolute atomic E-state index is 5.69. The molecule has 0 unspecified atom stereocenters. The number of aryl methyl sites for hydroxylation is 2. The third-order valence-corrected chi connectivity index (χ3v) is 5.01. The molecule has 0 bridgehead atoms. The number of nitrogens with zero attached hydrogens (tertiary/aromatic N) is 2. The van der Waals surface area contributed by atoms with Crippen LogP contribution in [0.15, 0.2) is 60.9 Å². The van der Waals surface area contributed by atoms with Crippen molar-refractivity contribution in [3.63, 3.8) is 0 Å². The van der Waals surface area contributed by atoms with Gasteiger partial charge in [0.15, 0.2) is 0 Å². The van der Waals surface area contributed by atoms with E-state index in [-0.39, 0.29) is 0 Å². The van der Waals surface area contributed by atoms with Crippen molar-refractivity contribution < 1.29 is 10.8 Å². The highest BCUT2D eigenvalue weighted by atomic mass is 15.0. The molecule has 6 nitrogen and oxygen atoms in total. The van der Waals surface area contributed by atoms with Gasteiger partial charge in [0.2, 0.25) is 0 Å². The van der Waals surface area contributed by atoms with Crippen molar-refractivity contribution in [1.82, 2.24) is 9.13 Å². The summed E-state index contributed by atoms with van der Waals surface area (Å²) in [5, 5.41) is 13.7. The summed E-state index contributed by atoms with van der Waals surface area (Å²) in [6.07, 6.45) is 5.25. The van der Waals surface area contributed by atoms with Crippen molar-refractivity contribution in [2.24, 2.45) is 11.5 Å². The molecule has 0 aliphatic heterocycles. The molecule has 0 aliphatic rings. The number of aromatic nitrogens is 2. The van der Waals surface area contributed by atoms with Gasteiger partial charge in [-0.05, 0) is 55.0 Å². The van der Waals surface area contributed by atoms with Gasteiger partial charge in [0.25, 0.3) is 11.7 Å². The van der Waals surface area contributed by atoms with Gasteiger partial charge in [-0.2, -0.15) is 0 Å². The van der Waals surface area contributed by atoms with Gasteiger partial charge in [0, 0.05) is 47.3 Å². The summed E-state index contributed by atoms with van der Waals surface area (Å²) < 4.78 is 4.53. The van der Waals surface area contributed by atoms with E-state index in [0.29, 0.717) is 11.7 Å². The predicted octanol–water partition coefficient (Wildman–Crippen LogP) is -0.385.